The minimum atomic E-state index is -0.619. The van der Waals surface area contributed by atoms with Crippen LogP contribution < -0.4 is 5.32 Å². The van der Waals surface area contributed by atoms with Gasteiger partial charge < -0.3 is 10.1 Å². The van der Waals surface area contributed by atoms with E-state index in [0.717, 1.165) is 11.2 Å². The molecule has 1 atom stereocenters. The van der Waals surface area contributed by atoms with Crippen LogP contribution in [0.15, 0.2) is 60.9 Å². The Balaban J connectivity index is 1.93. The molecule has 2 heterocycles. The lowest BCUT2D eigenvalue weighted by Crippen LogP contribution is -2.47. The number of hydrogen-bond acceptors (Lipinski definition) is 3. The summed E-state index contributed by atoms with van der Waals surface area (Å²) >= 11 is 0. The molecule has 0 saturated carbocycles. The van der Waals surface area contributed by atoms with Gasteiger partial charge >= 0.3 is 0 Å². The van der Waals surface area contributed by atoms with Crippen molar-refractivity contribution >= 4 is 11.6 Å². The first kappa shape index (κ1) is 15.2. The molecule has 0 fully saturated rings. The number of carbonyl (C=O) groups excluding carboxylic acids is 1. The number of hydrogen-bond donors (Lipinski definition) is 1. The summed E-state index contributed by atoms with van der Waals surface area (Å²) < 4.78 is 7.10. The number of ether oxygens (including phenoxy) is 1. The van der Waals surface area contributed by atoms with Crippen LogP contribution in [0.1, 0.15) is 23.0 Å². The number of nitrogens with one attached hydrogen (secondary N) is 1. The van der Waals surface area contributed by atoms with Gasteiger partial charge in [-0.05, 0) is 24.6 Å². The van der Waals surface area contributed by atoms with Crippen molar-refractivity contribution in [3.8, 4) is 0 Å². The van der Waals surface area contributed by atoms with Gasteiger partial charge in [-0.1, -0.05) is 36.4 Å². The Morgan fingerprint density at radius 2 is 1.96 bits per heavy atom. The van der Waals surface area contributed by atoms with E-state index in [1.165, 1.54) is 0 Å². The van der Waals surface area contributed by atoms with Gasteiger partial charge in [-0.3, -0.25) is 9.20 Å². The summed E-state index contributed by atoms with van der Waals surface area (Å²) in [5.41, 5.74) is 1.61. The van der Waals surface area contributed by atoms with E-state index in [1.54, 1.807) is 17.7 Å². The zero-order valence-corrected chi connectivity index (χ0v) is 13.2. The Hall–Kier alpha value is -2.66. The van der Waals surface area contributed by atoms with E-state index >= 15 is 0 Å². The fourth-order valence-electron chi connectivity index (χ4n) is 2.70. The van der Waals surface area contributed by atoms with Gasteiger partial charge in [-0.15, -0.1) is 0 Å². The van der Waals surface area contributed by atoms with Crippen LogP contribution in [0.25, 0.3) is 5.65 Å². The molecular formula is C18H19N3O2. The zero-order chi connectivity index (χ0) is 16.3. The molecule has 0 spiro atoms. The summed E-state index contributed by atoms with van der Waals surface area (Å²) in [5, 5.41) is 3.08. The normalized spacial score (nSPS) is 13.7. The molecule has 5 nitrogen and oxygen atoms in total. The summed E-state index contributed by atoms with van der Waals surface area (Å²) in [4.78, 5) is 17.0. The highest BCUT2D eigenvalue weighted by atomic mass is 16.5. The van der Waals surface area contributed by atoms with E-state index in [2.05, 4.69) is 10.3 Å². The van der Waals surface area contributed by atoms with Crippen LogP contribution in [0.2, 0.25) is 0 Å². The zero-order valence-electron chi connectivity index (χ0n) is 13.2. The fourth-order valence-corrected chi connectivity index (χ4v) is 2.70. The molecule has 3 aromatic rings. The monoisotopic (exact) mass is 309 g/mol. The van der Waals surface area contributed by atoms with Crippen molar-refractivity contribution in [2.75, 3.05) is 13.7 Å². The van der Waals surface area contributed by atoms with Crippen LogP contribution in [0.5, 0.6) is 0 Å². The van der Waals surface area contributed by atoms with Crippen molar-refractivity contribution in [1.29, 1.82) is 0 Å². The first-order chi connectivity index (χ1) is 11.1. The lowest BCUT2D eigenvalue weighted by atomic mass is 9.92. The Kier molecular flexibility index (Phi) is 4.12. The van der Waals surface area contributed by atoms with E-state index in [4.69, 9.17) is 4.74 Å². The topological polar surface area (TPSA) is 55.6 Å². The number of fused-ring (bicyclic) bond motifs is 1. The number of amides is 1. The number of rotatable bonds is 5. The van der Waals surface area contributed by atoms with E-state index in [9.17, 15) is 4.79 Å². The number of benzene rings is 1. The standard InChI is InChI=1S/C18H19N3O2/c1-18(13-23-2,14-8-4-3-5-9-14)20-17(22)15-12-19-16-10-6-7-11-21(15)16/h3-12H,13H2,1-2H3,(H,20,22)/t18-/m0/s1. The Labute approximate surface area is 134 Å². The highest BCUT2D eigenvalue weighted by molar-refractivity contribution is 5.93. The first-order valence-corrected chi connectivity index (χ1v) is 7.43. The van der Waals surface area contributed by atoms with Gasteiger partial charge in [-0.25, -0.2) is 4.98 Å². The summed E-state index contributed by atoms with van der Waals surface area (Å²) in [6.45, 7) is 2.33. The van der Waals surface area contributed by atoms with Crippen LogP contribution in [-0.2, 0) is 10.3 Å². The molecule has 3 rings (SSSR count). The van der Waals surface area contributed by atoms with Gasteiger partial charge in [0.1, 0.15) is 11.3 Å². The molecule has 0 bridgehead atoms. The second-order valence-corrected chi connectivity index (χ2v) is 5.66. The molecule has 118 valence electrons. The predicted molar refractivity (Wildman–Crippen MR) is 88.3 cm³/mol. The third-order valence-electron chi connectivity index (χ3n) is 3.88. The van der Waals surface area contributed by atoms with Crippen LogP contribution >= 0.6 is 0 Å². The minimum absolute atomic E-state index is 0.188. The van der Waals surface area contributed by atoms with Crippen molar-refractivity contribution in [3.05, 3.63) is 72.2 Å². The minimum Gasteiger partial charge on any atom is -0.382 e. The van der Waals surface area contributed by atoms with Crippen LogP contribution in [0, 0.1) is 0 Å². The maximum atomic E-state index is 12.8. The molecule has 5 heteroatoms. The molecule has 0 aliphatic heterocycles. The number of methoxy groups -OCH3 is 1. The first-order valence-electron chi connectivity index (χ1n) is 7.43. The number of nitrogens with zero attached hydrogens (tertiary/aromatic N) is 2. The molecule has 1 amide bonds. The molecule has 1 aromatic carbocycles. The summed E-state index contributed by atoms with van der Waals surface area (Å²) in [7, 11) is 1.63. The van der Waals surface area contributed by atoms with Gasteiger partial charge in [0.2, 0.25) is 0 Å². The Morgan fingerprint density at radius 3 is 2.70 bits per heavy atom. The van der Waals surface area contributed by atoms with Crippen molar-refractivity contribution in [2.24, 2.45) is 0 Å². The Morgan fingerprint density at radius 1 is 1.22 bits per heavy atom. The highest BCUT2D eigenvalue weighted by Crippen LogP contribution is 2.21. The van der Waals surface area contributed by atoms with Crippen molar-refractivity contribution in [3.63, 3.8) is 0 Å². The van der Waals surface area contributed by atoms with Crippen molar-refractivity contribution in [2.45, 2.75) is 12.5 Å². The fraction of sp³-hybridized carbons (Fsp3) is 0.222. The summed E-state index contributed by atoms with van der Waals surface area (Å²) in [6.07, 6.45) is 3.41. The molecular weight excluding hydrogens is 290 g/mol. The van der Waals surface area contributed by atoms with E-state index < -0.39 is 5.54 Å². The number of aromatic nitrogens is 2. The third kappa shape index (κ3) is 2.96. The maximum Gasteiger partial charge on any atom is 0.270 e. The molecule has 2 aromatic heterocycles. The smallest absolute Gasteiger partial charge is 0.270 e. The lowest BCUT2D eigenvalue weighted by molar-refractivity contribution is 0.0780. The largest absolute Gasteiger partial charge is 0.382 e. The quantitative estimate of drug-likeness (QED) is 0.788. The van der Waals surface area contributed by atoms with Gasteiger partial charge in [0.25, 0.3) is 5.91 Å². The predicted octanol–water partition coefficient (Wildman–Crippen LogP) is 2.63. The van der Waals surface area contributed by atoms with Crippen LogP contribution in [-0.4, -0.2) is 29.0 Å². The van der Waals surface area contributed by atoms with Gasteiger partial charge in [0, 0.05) is 13.3 Å². The van der Waals surface area contributed by atoms with Crippen molar-refractivity contribution in [1.82, 2.24) is 14.7 Å². The Bertz CT molecular complexity index is 813. The van der Waals surface area contributed by atoms with E-state index in [-0.39, 0.29) is 5.91 Å². The number of pyridine rings is 1. The molecule has 0 unspecified atom stereocenters. The SMILES string of the molecule is COC[C@](C)(NC(=O)c1cnc2ccccn12)c1ccccc1. The van der Waals surface area contributed by atoms with Gasteiger partial charge in [0.05, 0.1) is 18.3 Å². The van der Waals surface area contributed by atoms with E-state index in [0.29, 0.717) is 12.3 Å². The summed E-state index contributed by atoms with van der Waals surface area (Å²) in [5.74, 6) is -0.188. The third-order valence-corrected chi connectivity index (χ3v) is 3.88. The number of carbonyl (C=O) groups is 1. The lowest BCUT2D eigenvalue weighted by Gasteiger charge is -2.30. The second kappa shape index (κ2) is 6.22. The van der Waals surface area contributed by atoms with E-state index in [1.807, 2.05) is 61.7 Å². The molecule has 0 aliphatic rings. The average Bonchev–Trinajstić information content (AvgIpc) is 3.00. The maximum absolute atomic E-state index is 12.8. The van der Waals surface area contributed by atoms with Crippen molar-refractivity contribution < 1.29 is 9.53 Å². The average molecular weight is 309 g/mol. The van der Waals surface area contributed by atoms with Crippen LogP contribution in [0.4, 0.5) is 0 Å². The molecule has 0 aliphatic carbocycles. The second-order valence-electron chi connectivity index (χ2n) is 5.66. The highest BCUT2D eigenvalue weighted by Gasteiger charge is 2.29. The number of imidazole rings is 1. The van der Waals surface area contributed by atoms with Gasteiger partial charge in [0.15, 0.2) is 0 Å². The molecule has 1 N–H and O–H groups in total. The summed E-state index contributed by atoms with van der Waals surface area (Å²) in [6, 6.07) is 15.4. The molecule has 23 heavy (non-hydrogen) atoms. The molecule has 0 radical (unpaired) electrons. The van der Waals surface area contributed by atoms with Gasteiger partial charge in [-0.2, -0.15) is 0 Å². The molecule has 0 saturated heterocycles. The van der Waals surface area contributed by atoms with Crippen LogP contribution in [0.3, 0.4) is 0 Å².